The first kappa shape index (κ1) is 14.5. The Morgan fingerprint density at radius 3 is 2.60 bits per heavy atom. The number of nitrogens with zero attached hydrogens (tertiary/aromatic N) is 2. The monoisotopic (exact) mass is 289 g/mol. The van der Waals surface area contributed by atoms with Gasteiger partial charge in [0.1, 0.15) is 17.4 Å². The molecule has 0 aliphatic carbocycles. The van der Waals surface area contributed by atoms with Crippen LogP contribution in [-0.2, 0) is 0 Å². The van der Waals surface area contributed by atoms with E-state index in [-0.39, 0.29) is 0 Å². The molecule has 0 atom stereocenters. The fraction of sp³-hybridized carbons (Fsp3) is 0.333. The van der Waals surface area contributed by atoms with Gasteiger partial charge in [-0.3, -0.25) is 0 Å². The second kappa shape index (κ2) is 6.52. The fourth-order valence-corrected chi connectivity index (χ4v) is 2.80. The number of aryl methyl sites for hydroxylation is 2. The normalized spacial score (nSPS) is 10.3. The van der Waals surface area contributed by atoms with E-state index in [1.54, 1.807) is 17.4 Å². The van der Waals surface area contributed by atoms with Crippen LogP contribution in [0.15, 0.2) is 24.8 Å². The number of nitrogens with one attached hydrogen (secondary N) is 1. The smallest absolute Gasteiger partial charge is 0.205 e. The van der Waals surface area contributed by atoms with Crippen molar-refractivity contribution in [2.45, 2.75) is 20.8 Å². The molecule has 0 bridgehead atoms. The highest BCUT2D eigenvalue weighted by Crippen LogP contribution is 2.32. The molecule has 0 spiro atoms. The molecule has 0 fully saturated rings. The number of anilines is 1. The van der Waals surface area contributed by atoms with Crippen LogP contribution in [0.5, 0.6) is 5.75 Å². The van der Waals surface area contributed by atoms with Gasteiger partial charge in [-0.05, 0) is 44.0 Å². The maximum Gasteiger partial charge on any atom is 0.205 e. The van der Waals surface area contributed by atoms with Gasteiger partial charge in [0.05, 0.1) is 0 Å². The Hall–Kier alpha value is -1.88. The largest absolute Gasteiger partial charge is 0.489 e. The van der Waals surface area contributed by atoms with Crippen molar-refractivity contribution in [3.05, 3.63) is 35.9 Å². The Balaban J connectivity index is 2.30. The van der Waals surface area contributed by atoms with Crippen LogP contribution in [0.1, 0.15) is 18.1 Å². The highest BCUT2D eigenvalue weighted by molar-refractivity contribution is 7.18. The summed E-state index contributed by atoms with van der Waals surface area (Å²) in [6.45, 7) is 11.2. The van der Waals surface area contributed by atoms with Crippen LogP contribution in [0.2, 0.25) is 0 Å². The van der Waals surface area contributed by atoms with Gasteiger partial charge in [-0.15, -0.1) is 10.2 Å². The SMILES string of the molecule is C=CCOc1c(C)cc(-c2nnc(NCC)s2)cc1C. The highest BCUT2D eigenvalue weighted by atomic mass is 32.1. The number of hydrogen-bond donors (Lipinski definition) is 1. The summed E-state index contributed by atoms with van der Waals surface area (Å²) >= 11 is 1.56. The van der Waals surface area contributed by atoms with Crippen molar-refractivity contribution in [3.8, 4) is 16.3 Å². The van der Waals surface area contributed by atoms with Gasteiger partial charge < -0.3 is 10.1 Å². The molecule has 20 heavy (non-hydrogen) atoms. The third-order valence-electron chi connectivity index (χ3n) is 2.81. The maximum absolute atomic E-state index is 5.69. The van der Waals surface area contributed by atoms with Crippen molar-refractivity contribution >= 4 is 16.5 Å². The molecule has 2 rings (SSSR count). The van der Waals surface area contributed by atoms with E-state index in [4.69, 9.17) is 4.74 Å². The molecule has 0 unspecified atom stereocenters. The molecule has 2 aromatic rings. The predicted molar refractivity (Wildman–Crippen MR) is 84.7 cm³/mol. The highest BCUT2D eigenvalue weighted by Gasteiger charge is 2.11. The van der Waals surface area contributed by atoms with Crippen LogP contribution in [0.3, 0.4) is 0 Å². The molecule has 1 N–H and O–H groups in total. The van der Waals surface area contributed by atoms with Crippen molar-refractivity contribution in [3.63, 3.8) is 0 Å². The van der Waals surface area contributed by atoms with E-state index in [0.29, 0.717) is 6.61 Å². The lowest BCUT2D eigenvalue weighted by atomic mass is 10.1. The first-order valence-electron chi connectivity index (χ1n) is 6.58. The first-order valence-corrected chi connectivity index (χ1v) is 7.40. The minimum absolute atomic E-state index is 0.518. The van der Waals surface area contributed by atoms with Crippen LogP contribution in [-0.4, -0.2) is 23.3 Å². The van der Waals surface area contributed by atoms with Crippen molar-refractivity contribution in [1.82, 2.24) is 10.2 Å². The van der Waals surface area contributed by atoms with Gasteiger partial charge in [-0.25, -0.2) is 0 Å². The van der Waals surface area contributed by atoms with E-state index < -0.39 is 0 Å². The molecule has 0 radical (unpaired) electrons. The Morgan fingerprint density at radius 1 is 1.30 bits per heavy atom. The zero-order valence-electron chi connectivity index (χ0n) is 12.1. The lowest BCUT2D eigenvalue weighted by Crippen LogP contribution is -1.98. The quantitative estimate of drug-likeness (QED) is 0.821. The van der Waals surface area contributed by atoms with Gasteiger partial charge in [0.15, 0.2) is 0 Å². The molecule has 5 heteroatoms. The molecular weight excluding hydrogens is 270 g/mol. The zero-order valence-corrected chi connectivity index (χ0v) is 12.9. The number of aromatic nitrogens is 2. The molecule has 0 saturated carbocycles. The zero-order chi connectivity index (χ0) is 14.5. The van der Waals surface area contributed by atoms with Crippen molar-refractivity contribution < 1.29 is 4.74 Å². The predicted octanol–water partition coefficient (Wildman–Crippen LogP) is 3.82. The molecule has 1 aromatic carbocycles. The molecule has 1 aromatic heterocycles. The van der Waals surface area contributed by atoms with Crippen LogP contribution >= 0.6 is 11.3 Å². The fourth-order valence-electron chi connectivity index (χ4n) is 2.01. The van der Waals surface area contributed by atoms with Crippen molar-refractivity contribution in [2.75, 3.05) is 18.5 Å². The Kier molecular flexibility index (Phi) is 4.74. The summed E-state index contributed by atoms with van der Waals surface area (Å²) in [5.74, 6) is 0.921. The molecule has 0 saturated heterocycles. The summed E-state index contributed by atoms with van der Waals surface area (Å²) in [6.07, 6.45) is 1.75. The Labute approximate surface area is 123 Å². The van der Waals surface area contributed by atoms with Gasteiger partial charge in [0.2, 0.25) is 5.13 Å². The van der Waals surface area contributed by atoms with E-state index in [1.165, 1.54) is 0 Å². The van der Waals surface area contributed by atoms with Gasteiger partial charge in [-0.1, -0.05) is 24.0 Å². The van der Waals surface area contributed by atoms with E-state index in [2.05, 4.69) is 34.2 Å². The minimum atomic E-state index is 0.518. The third-order valence-corrected chi connectivity index (χ3v) is 3.74. The Morgan fingerprint density at radius 2 is 2.00 bits per heavy atom. The summed E-state index contributed by atoms with van der Waals surface area (Å²) in [6, 6.07) is 4.17. The molecule has 1 heterocycles. The topological polar surface area (TPSA) is 47.0 Å². The molecule has 4 nitrogen and oxygen atoms in total. The van der Waals surface area contributed by atoms with Gasteiger partial charge in [-0.2, -0.15) is 0 Å². The lowest BCUT2D eigenvalue weighted by Gasteiger charge is -2.11. The van der Waals surface area contributed by atoms with Crippen LogP contribution in [0.4, 0.5) is 5.13 Å². The molecule has 0 aliphatic rings. The van der Waals surface area contributed by atoms with Crippen LogP contribution < -0.4 is 10.1 Å². The molecule has 0 amide bonds. The van der Waals surface area contributed by atoms with Gasteiger partial charge in [0.25, 0.3) is 0 Å². The summed E-state index contributed by atoms with van der Waals surface area (Å²) in [5.41, 5.74) is 3.27. The molecule has 106 valence electrons. The van der Waals surface area contributed by atoms with Crippen molar-refractivity contribution in [2.24, 2.45) is 0 Å². The Bertz CT molecular complexity index is 584. The molecular formula is C15H19N3OS. The number of rotatable bonds is 6. The lowest BCUT2D eigenvalue weighted by molar-refractivity contribution is 0.358. The van der Waals surface area contributed by atoms with E-state index in [0.717, 1.165) is 39.1 Å². The van der Waals surface area contributed by atoms with Crippen LogP contribution in [0.25, 0.3) is 10.6 Å². The van der Waals surface area contributed by atoms with Crippen molar-refractivity contribution in [1.29, 1.82) is 0 Å². The second-order valence-electron chi connectivity index (χ2n) is 4.48. The second-order valence-corrected chi connectivity index (χ2v) is 5.46. The maximum atomic E-state index is 5.69. The summed E-state index contributed by atoms with van der Waals surface area (Å²) in [5, 5.41) is 13.3. The molecule has 0 aliphatic heterocycles. The number of benzene rings is 1. The van der Waals surface area contributed by atoms with E-state index in [9.17, 15) is 0 Å². The number of ether oxygens (including phenoxy) is 1. The van der Waals surface area contributed by atoms with E-state index in [1.807, 2.05) is 20.8 Å². The average molecular weight is 289 g/mol. The first-order chi connectivity index (χ1) is 9.65. The standard InChI is InChI=1S/C15H19N3OS/c1-5-7-19-13-10(3)8-12(9-11(13)4)14-17-18-15(20-14)16-6-2/h5,8-9H,1,6-7H2,2-4H3,(H,16,18). The van der Waals surface area contributed by atoms with Gasteiger partial charge in [0, 0.05) is 12.1 Å². The summed E-state index contributed by atoms with van der Waals surface area (Å²) in [4.78, 5) is 0. The number of hydrogen-bond acceptors (Lipinski definition) is 5. The third kappa shape index (κ3) is 3.17. The average Bonchev–Trinajstić information content (AvgIpc) is 2.87. The van der Waals surface area contributed by atoms with Crippen LogP contribution in [0, 0.1) is 13.8 Å². The van der Waals surface area contributed by atoms with E-state index >= 15 is 0 Å². The minimum Gasteiger partial charge on any atom is -0.489 e. The summed E-state index contributed by atoms with van der Waals surface area (Å²) < 4.78 is 5.69. The van der Waals surface area contributed by atoms with Gasteiger partial charge >= 0.3 is 0 Å². The summed E-state index contributed by atoms with van der Waals surface area (Å²) in [7, 11) is 0.